The summed E-state index contributed by atoms with van der Waals surface area (Å²) < 4.78 is 28.3. The van der Waals surface area contributed by atoms with Crippen LogP contribution in [0, 0.1) is 28.6 Å². The van der Waals surface area contributed by atoms with Crippen molar-refractivity contribution < 1.29 is 57.9 Å². The van der Waals surface area contributed by atoms with Crippen molar-refractivity contribution in [3.63, 3.8) is 0 Å². The Morgan fingerprint density at radius 2 is 1.45 bits per heavy atom. The average molecular weight is 597 g/mol. The molecular formula is C30H44O12. The lowest BCUT2D eigenvalue weighted by Crippen LogP contribution is -2.76. The van der Waals surface area contributed by atoms with Crippen molar-refractivity contribution >= 4 is 29.8 Å². The molecule has 236 valence electrons. The molecule has 0 aromatic carbocycles. The maximum absolute atomic E-state index is 13.1. The van der Waals surface area contributed by atoms with E-state index in [9.17, 15) is 34.2 Å². The molecule has 12 heteroatoms. The van der Waals surface area contributed by atoms with Gasteiger partial charge >= 0.3 is 29.8 Å². The third-order valence-electron chi connectivity index (χ3n) is 10.6. The monoisotopic (exact) mass is 596 g/mol. The van der Waals surface area contributed by atoms with Gasteiger partial charge in [0, 0.05) is 51.9 Å². The molecule has 0 aromatic rings. The van der Waals surface area contributed by atoms with Crippen LogP contribution in [0.5, 0.6) is 0 Å². The van der Waals surface area contributed by atoms with Crippen molar-refractivity contribution in [1.82, 2.24) is 0 Å². The molecule has 4 rings (SSSR count). The molecule has 4 aliphatic carbocycles. The summed E-state index contributed by atoms with van der Waals surface area (Å²) in [7, 11) is 0. The number of aliphatic hydroxyl groups is 2. The maximum Gasteiger partial charge on any atom is 0.309 e. The molecule has 0 aliphatic heterocycles. The molecule has 4 saturated carbocycles. The van der Waals surface area contributed by atoms with Crippen LogP contribution in [-0.2, 0) is 47.7 Å². The maximum atomic E-state index is 13.1. The molecule has 0 aromatic heterocycles. The molecule has 4 aliphatic rings. The van der Waals surface area contributed by atoms with Gasteiger partial charge in [0.15, 0.2) is 0 Å². The summed E-state index contributed by atoms with van der Waals surface area (Å²) in [5.41, 5.74) is -5.72. The van der Waals surface area contributed by atoms with Crippen molar-refractivity contribution in [1.29, 1.82) is 0 Å². The molecule has 0 amide bonds. The molecular weight excluding hydrogens is 552 g/mol. The number of esters is 5. The van der Waals surface area contributed by atoms with Crippen molar-refractivity contribution in [3.8, 4) is 0 Å². The van der Waals surface area contributed by atoms with E-state index < -0.39 is 94.6 Å². The Labute approximate surface area is 245 Å². The van der Waals surface area contributed by atoms with Crippen LogP contribution in [0.1, 0.15) is 86.5 Å². The van der Waals surface area contributed by atoms with E-state index in [0.717, 1.165) is 0 Å². The molecule has 0 heterocycles. The number of carbonyl (C=O) groups excluding carboxylic acids is 5. The predicted octanol–water partition coefficient (Wildman–Crippen LogP) is 2.00. The summed E-state index contributed by atoms with van der Waals surface area (Å²) in [5.74, 6) is -5.05. The molecule has 2 N–H and O–H groups in total. The van der Waals surface area contributed by atoms with Gasteiger partial charge in [0.2, 0.25) is 0 Å². The fourth-order valence-corrected chi connectivity index (χ4v) is 9.23. The minimum atomic E-state index is -1.70. The van der Waals surface area contributed by atoms with E-state index in [1.165, 1.54) is 27.7 Å². The standard InChI is InChI=1S/C30H44O12/c1-7-38-26(35)22-9-11-30(37)21-8-10-28(36)13-20(40-17(3)32)12-24(42-19(5)34)29(28,15-39-16(2)31)25(21)23(41-18(4)33)14-27(22,30)6/h20-25,36-37H,7-15H2,1-6H3. The fourth-order valence-electron chi connectivity index (χ4n) is 9.23. The van der Waals surface area contributed by atoms with Crippen LogP contribution >= 0.6 is 0 Å². The third kappa shape index (κ3) is 5.08. The summed E-state index contributed by atoms with van der Waals surface area (Å²) in [6, 6.07) is 0. The van der Waals surface area contributed by atoms with Crippen LogP contribution in [0.3, 0.4) is 0 Å². The Hall–Kier alpha value is -2.73. The minimum absolute atomic E-state index is 0.000106. The molecule has 0 radical (unpaired) electrons. The quantitative estimate of drug-likeness (QED) is 0.324. The van der Waals surface area contributed by atoms with Gasteiger partial charge in [-0.3, -0.25) is 24.0 Å². The lowest BCUT2D eigenvalue weighted by atomic mass is 9.40. The van der Waals surface area contributed by atoms with Crippen LogP contribution in [0.4, 0.5) is 0 Å². The van der Waals surface area contributed by atoms with E-state index >= 15 is 0 Å². The van der Waals surface area contributed by atoms with Gasteiger partial charge in [0.05, 0.1) is 29.1 Å². The fraction of sp³-hybridized carbons (Fsp3) is 0.833. The van der Waals surface area contributed by atoms with Gasteiger partial charge < -0.3 is 33.9 Å². The second-order valence-electron chi connectivity index (χ2n) is 12.8. The van der Waals surface area contributed by atoms with Crippen molar-refractivity contribution in [2.45, 2.75) is 116 Å². The molecule has 0 saturated heterocycles. The van der Waals surface area contributed by atoms with E-state index in [-0.39, 0.29) is 45.1 Å². The first kappa shape index (κ1) is 32.2. The molecule has 0 bridgehead atoms. The normalized spacial score (nSPS) is 42.2. The Morgan fingerprint density at radius 1 is 0.810 bits per heavy atom. The summed E-state index contributed by atoms with van der Waals surface area (Å²) >= 11 is 0. The van der Waals surface area contributed by atoms with Crippen LogP contribution in [0.25, 0.3) is 0 Å². The zero-order valence-electron chi connectivity index (χ0n) is 25.3. The topological polar surface area (TPSA) is 172 Å². The molecule has 42 heavy (non-hydrogen) atoms. The van der Waals surface area contributed by atoms with Gasteiger partial charge in [-0.15, -0.1) is 0 Å². The van der Waals surface area contributed by atoms with Crippen molar-refractivity contribution in [2.75, 3.05) is 13.2 Å². The zero-order chi connectivity index (χ0) is 31.3. The number of ether oxygens (including phenoxy) is 5. The number of hydrogen-bond acceptors (Lipinski definition) is 12. The second-order valence-corrected chi connectivity index (χ2v) is 12.8. The predicted molar refractivity (Wildman–Crippen MR) is 143 cm³/mol. The third-order valence-corrected chi connectivity index (χ3v) is 10.6. The first-order chi connectivity index (χ1) is 19.5. The van der Waals surface area contributed by atoms with Gasteiger partial charge in [-0.2, -0.15) is 0 Å². The van der Waals surface area contributed by atoms with E-state index in [1.807, 2.05) is 6.92 Å². The zero-order valence-corrected chi connectivity index (χ0v) is 25.3. The summed E-state index contributed by atoms with van der Waals surface area (Å²) in [6.07, 6.45) is -1.89. The highest BCUT2D eigenvalue weighted by Gasteiger charge is 2.77. The van der Waals surface area contributed by atoms with Crippen LogP contribution < -0.4 is 0 Å². The Balaban J connectivity index is 1.92. The van der Waals surface area contributed by atoms with Gasteiger partial charge in [-0.1, -0.05) is 6.92 Å². The Kier molecular flexibility index (Phi) is 8.74. The highest BCUT2D eigenvalue weighted by molar-refractivity contribution is 5.74. The lowest BCUT2D eigenvalue weighted by Gasteiger charge is -2.68. The van der Waals surface area contributed by atoms with Crippen LogP contribution in [-0.4, -0.2) is 82.8 Å². The summed E-state index contributed by atoms with van der Waals surface area (Å²) in [5, 5.41) is 25.1. The highest BCUT2D eigenvalue weighted by Crippen LogP contribution is 2.71. The Morgan fingerprint density at radius 3 is 2.02 bits per heavy atom. The largest absolute Gasteiger partial charge is 0.466 e. The minimum Gasteiger partial charge on any atom is -0.466 e. The van der Waals surface area contributed by atoms with Crippen LogP contribution in [0.2, 0.25) is 0 Å². The number of fused-ring (bicyclic) bond motifs is 5. The van der Waals surface area contributed by atoms with Gasteiger partial charge in [0.1, 0.15) is 24.9 Å². The van der Waals surface area contributed by atoms with Gasteiger partial charge in [0.25, 0.3) is 0 Å². The van der Waals surface area contributed by atoms with E-state index in [1.54, 1.807) is 6.92 Å². The molecule has 10 unspecified atom stereocenters. The Bertz CT molecular complexity index is 1120. The second kappa shape index (κ2) is 11.4. The first-order valence-electron chi connectivity index (χ1n) is 14.8. The smallest absolute Gasteiger partial charge is 0.309 e. The summed E-state index contributed by atoms with van der Waals surface area (Å²) in [4.78, 5) is 62.3. The SMILES string of the molecule is CCOC(=O)C1CCC2(O)C3CCC4(O)CC(OC(C)=O)CC(OC(C)=O)C4(COC(C)=O)C3C(OC(C)=O)CC12C. The van der Waals surface area contributed by atoms with Gasteiger partial charge in [-0.05, 0) is 44.9 Å². The van der Waals surface area contributed by atoms with Crippen molar-refractivity contribution in [3.05, 3.63) is 0 Å². The van der Waals surface area contributed by atoms with Crippen LogP contribution in [0.15, 0.2) is 0 Å². The lowest BCUT2D eigenvalue weighted by molar-refractivity contribution is -0.320. The summed E-state index contributed by atoms with van der Waals surface area (Å²) in [6.45, 7) is 8.24. The molecule has 12 nitrogen and oxygen atoms in total. The molecule has 10 atom stereocenters. The molecule has 4 fully saturated rings. The van der Waals surface area contributed by atoms with Crippen molar-refractivity contribution in [2.24, 2.45) is 28.6 Å². The van der Waals surface area contributed by atoms with Gasteiger partial charge in [-0.25, -0.2) is 0 Å². The number of carbonyl (C=O) groups is 5. The van der Waals surface area contributed by atoms with E-state index in [4.69, 9.17) is 23.7 Å². The van der Waals surface area contributed by atoms with E-state index in [0.29, 0.717) is 6.42 Å². The molecule has 0 spiro atoms. The number of hydrogen-bond donors (Lipinski definition) is 2. The first-order valence-corrected chi connectivity index (χ1v) is 14.8. The highest BCUT2D eigenvalue weighted by atomic mass is 16.6. The van der Waals surface area contributed by atoms with E-state index in [2.05, 4.69) is 0 Å². The number of rotatable bonds is 7. The average Bonchev–Trinajstić information content (AvgIpc) is 3.12.